The summed E-state index contributed by atoms with van der Waals surface area (Å²) >= 11 is 10.4. The van der Waals surface area contributed by atoms with Crippen LogP contribution in [0, 0.1) is 0 Å². The van der Waals surface area contributed by atoms with Crippen molar-refractivity contribution in [1.82, 2.24) is 14.8 Å². The van der Waals surface area contributed by atoms with Crippen LogP contribution in [0.3, 0.4) is 0 Å². The molecule has 0 aliphatic rings. The van der Waals surface area contributed by atoms with Crippen LogP contribution in [-0.2, 0) is 11.3 Å². The number of thioether (sulfide) groups is 1. The molecule has 0 atom stereocenters. The van der Waals surface area contributed by atoms with Gasteiger partial charge < -0.3 is 9.73 Å². The zero-order valence-electron chi connectivity index (χ0n) is 13.2. The van der Waals surface area contributed by atoms with E-state index in [0.29, 0.717) is 38.7 Å². The molecule has 0 saturated heterocycles. The van der Waals surface area contributed by atoms with Gasteiger partial charge in [0, 0.05) is 17.3 Å². The maximum atomic E-state index is 12.1. The Hall–Kier alpha value is -1.77. The molecule has 0 saturated carbocycles. The van der Waals surface area contributed by atoms with Crippen molar-refractivity contribution in [1.29, 1.82) is 0 Å². The smallest absolute Gasteiger partial charge is 0.234 e. The average Bonchev–Trinajstić information content (AvgIpc) is 3.20. The predicted octanol–water partition coefficient (Wildman–Crippen LogP) is 4.70. The van der Waals surface area contributed by atoms with Crippen molar-refractivity contribution in [3.8, 4) is 11.6 Å². The normalized spacial score (nSPS) is 10.8. The molecular formula is C16H14BrClN4O2S. The van der Waals surface area contributed by atoms with E-state index in [1.165, 1.54) is 11.8 Å². The van der Waals surface area contributed by atoms with Crippen LogP contribution in [0.15, 0.2) is 50.6 Å². The number of furan rings is 1. The zero-order valence-corrected chi connectivity index (χ0v) is 16.4. The predicted molar refractivity (Wildman–Crippen MR) is 102 cm³/mol. The SMILES string of the molecule is CCn1c(SCC(=O)Nc2ccc(Cl)cc2)nnc1-c1ccc(Br)o1. The third-order valence-corrected chi connectivity index (χ3v) is 4.93. The fourth-order valence-corrected chi connectivity index (χ4v) is 3.39. The maximum absolute atomic E-state index is 12.1. The lowest BCUT2D eigenvalue weighted by Gasteiger charge is -2.07. The first-order valence-electron chi connectivity index (χ1n) is 7.44. The minimum Gasteiger partial charge on any atom is -0.446 e. The van der Waals surface area contributed by atoms with Gasteiger partial charge in [-0.2, -0.15) is 0 Å². The summed E-state index contributed by atoms with van der Waals surface area (Å²) in [6, 6.07) is 10.6. The number of nitrogens with one attached hydrogen (secondary N) is 1. The molecule has 1 aromatic carbocycles. The van der Waals surface area contributed by atoms with E-state index in [-0.39, 0.29) is 11.7 Å². The molecule has 2 aromatic heterocycles. The molecule has 0 spiro atoms. The van der Waals surface area contributed by atoms with E-state index >= 15 is 0 Å². The van der Waals surface area contributed by atoms with Gasteiger partial charge in [-0.25, -0.2) is 0 Å². The van der Waals surface area contributed by atoms with Crippen LogP contribution in [0.4, 0.5) is 5.69 Å². The van der Waals surface area contributed by atoms with Crippen LogP contribution < -0.4 is 5.32 Å². The van der Waals surface area contributed by atoms with Crippen molar-refractivity contribution in [2.24, 2.45) is 0 Å². The molecule has 25 heavy (non-hydrogen) atoms. The Kier molecular flexibility index (Phi) is 5.82. The first-order valence-corrected chi connectivity index (χ1v) is 9.59. The number of rotatable bonds is 6. The highest BCUT2D eigenvalue weighted by atomic mass is 79.9. The largest absolute Gasteiger partial charge is 0.446 e. The highest BCUT2D eigenvalue weighted by Gasteiger charge is 2.17. The number of anilines is 1. The summed E-state index contributed by atoms with van der Waals surface area (Å²) < 4.78 is 8.07. The van der Waals surface area contributed by atoms with E-state index in [1.54, 1.807) is 30.3 Å². The second-order valence-electron chi connectivity index (χ2n) is 5.00. The summed E-state index contributed by atoms with van der Waals surface area (Å²) in [4.78, 5) is 12.1. The molecule has 1 N–H and O–H groups in total. The Labute approximate surface area is 162 Å². The molecule has 2 heterocycles. The molecule has 3 aromatic rings. The summed E-state index contributed by atoms with van der Waals surface area (Å²) in [5.74, 6) is 1.36. The van der Waals surface area contributed by atoms with Gasteiger partial charge in [-0.1, -0.05) is 23.4 Å². The summed E-state index contributed by atoms with van der Waals surface area (Å²) in [5, 5.41) is 12.4. The average molecular weight is 442 g/mol. The van der Waals surface area contributed by atoms with Crippen molar-refractivity contribution >= 4 is 50.9 Å². The third kappa shape index (κ3) is 4.45. The molecule has 0 aliphatic carbocycles. The van der Waals surface area contributed by atoms with Gasteiger partial charge in [0.1, 0.15) is 0 Å². The Balaban J connectivity index is 1.66. The number of nitrogens with zero attached hydrogens (tertiary/aromatic N) is 3. The van der Waals surface area contributed by atoms with Crippen LogP contribution in [0.2, 0.25) is 5.02 Å². The number of benzene rings is 1. The van der Waals surface area contributed by atoms with Crippen LogP contribution in [0.1, 0.15) is 6.92 Å². The third-order valence-electron chi connectivity index (χ3n) is 3.29. The zero-order chi connectivity index (χ0) is 17.8. The first kappa shape index (κ1) is 18.0. The number of hydrogen-bond acceptors (Lipinski definition) is 5. The minimum atomic E-state index is -0.125. The van der Waals surface area contributed by atoms with Crippen molar-refractivity contribution in [2.75, 3.05) is 11.1 Å². The van der Waals surface area contributed by atoms with Gasteiger partial charge in [0.15, 0.2) is 15.6 Å². The minimum absolute atomic E-state index is 0.125. The number of carbonyl (C=O) groups is 1. The van der Waals surface area contributed by atoms with Gasteiger partial charge >= 0.3 is 0 Å². The number of halogens is 2. The van der Waals surface area contributed by atoms with Gasteiger partial charge in [-0.3, -0.25) is 9.36 Å². The van der Waals surface area contributed by atoms with Gasteiger partial charge in [0.2, 0.25) is 11.7 Å². The molecule has 6 nitrogen and oxygen atoms in total. The van der Waals surface area contributed by atoms with E-state index < -0.39 is 0 Å². The van der Waals surface area contributed by atoms with E-state index in [0.717, 1.165) is 0 Å². The van der Waals surface area contributed by atoms with Crippen molar-refractivity contribution in [2.45, 2.75) is 18.6 Å². The topological polar surface area (TPSA) is 73.0 Å². The van der Waals surface area contributed by atoms with Gasteiger partial charge in [0.25, 0.3) is 0 Å². The number of aromatic nitrogens is 3. The van der Waals surface area contributed by atoms with E-state index in [2.05, 4.69) is 31.4 Å². The highest BCUT2D eigenvalue weighted by molar-refractivity contribution is 9.10. The molecule has 0 radical (unpaired) electrons. The van der Waals surface area contributed by atoms with Gasteiger partial charge in [0.05, 0.1) is 5.75 Å². The summed E-state index contributed by atoms with van der Waals surface area (Å²) in [6.07, 6.45) is 0. The molecule has 1 amide bonds. The van der Waals surface area contributed by atoms with Crippen LogP contribution in [0.25, 0.3) is 11.6 Å². The lowest BCUT2D eigenvalue weighted by molar-refractivity contribution is -0.113. The second kappa shape index (κ2) is 8.07. The molecule has 0 aliphatic heterocycles. The lowest BCUT2D eigenvalue weighted by Crippen LogP contribution is -2.14. The van der Waals surface area contributed by atoms with Gasteiger partial charge in [-0.05, 0) is 59.3 Å². The fourth-order valence-electron chi connectivity index (χ4n) is 2.16. The quantitative estimate of drug-likeness (QED) is 0.561. The van der Waals surface area contributed by atoms with Crippen molar-refractivity contribution < 1.29 is 9.21 Å². The Bertz CT molecular complexity index is 879. The summed E-state index contributed by atoms with van der Waals surface area (Å²) in [5.41, 5.74) is 0.702. The molecule has 3 rings (SSSR count). The van der Waals surface area contributed by atoms with Crippen molar-refractivity contribution in [3.05, 3.63) is 46.1 Å². The fraction of sp³-hybridized carbons (Fsp3) is 0.188. The Morgan fingerprint density at radius 1 is 1.28 bits per heavy atom. The number of carbonyl (C=O) groups excluding carboxylic acids is 1. The molecule has 9 heteroatoms. The standard InChI is InChI=1S/C16H14BrClN4O2S/c1-2-22-15(12-7-8-13(17)24-12)20-21-16(22)25-9-14(23)19-11-5-3-10(18)4-6-11/h3-8H,2,9H2,1H3,(H,19,23). The van der Waals surface area contributed by atoms with Crippen molar-refractivity contribution in [3.63, 3.8) is 0 Å². The molecular weight excluding hydrogens is 428 g/mol. The lowest BCUT2D eigenvalue weighted by atomic mass is 10.3. The van der Waals surface area contributed by atoms with Crippen LogP contribution >= 0.6 is 39.3 Å². The summed E-state index contributed by atoms with van der Waals surface area (Å²) in [7, 11) is 0. The Morgan fingerprint density at radius 2 is 2.04 bits per heavy atom. The van der Waals surface area contributed by atoms with Crippen LogP contribution in [-0.4, -0.2) is 26.4 Å². The second-order valence-corrected chi connectivity index (χ2v) is 7.16. The molecule has 0 fully saturated rings. The maximum Gasteiger partial charge on any atom is 0.234 e. The van der Waals surface area contributed by atoms with E-state index in [9.17, 15) is 4.79 Å². The first-order chi connectivity index (χ1) is 12.1. The Morgan fingerprint density at radius 3 is 2.68 bits per heavy atom. The summed E-state index contributed by atoms with van der Waals surface area (Å²) in [6.45, 7) is 2.66. The molecule has 0 unspecified atom stereocenters. The van der Waals surface area contributed by atoms with E-state index in [1.807, 2.05) is 17.6 Å². The highest BCUT2D eigenvalue weighted by Crippen LogP contribution is 2.27. The molecule has 0 bridgehead atoms. The monoisotopic (exact) mass is 440 g/mol. The number of hydrogen-bond donors (Lipinski definition) is 1. The van der Waals surface area contributed by atoms with Crippen LogP contribution in [0.5, 0.6) is 0 Å². The van der Waals surface area contributed by atoms with E-state index in [4.69, 9.17) is 16.0 Å². The molecule has 130 valence electrons. The number of amides is 1. The van der Waals surface area contributed by atoms with Gasteiger partial charge in [-0.15, -0.1) is 10.2 Å².